The molecule has 0 amide bonds. The maximum Gasteiger partial charge on any atom is 0.374 e. The van der Waals surface area contributed by atoms with Gasteiger partial charge >= 0.3 is 5.97 Å². The highest BCUT2D eigenvalue weighted by molar-refractivity contribution is 7.92. The number of rotatable bonds is 5. The van der Waals surface area contributed by atoms with E-state index in [1.54, 1.807) is 32.2 Å². The van der Waals surface area contributed by atoms with Crippen molar-refractivity contribution in [1.29, 1.82) is 0 Å². The molecular weight excluding hydrogens is 380 g/mol. The molecule has 4 rings (SSSR count). The van der Waals surface area contributed by atoms with Gasteiger partial charge in [0.25, 0.3) is 10.0 Å². The summed E-state index contributed by atoms with van der Waals surface area (Å²) in [5.41, 5.74) is 2.28. The largest absolute Gasteiger partial charge is 0.460 e. The van der Waals surface area contributed by atoms with Crippen molar-refractivity contribution in [2.24, 2.45) is 0 Å². The Bertz CT molecular complexity index is 1300. The van der Waals surface area contributed by atoms with Crippen LogP contribution < -0.4 is 4.72 Å². The van der Waals surface area contributed by atoms with Crippen molar-refractivity contribution in [3.05, 3.63) is 60.0 Å². The number of ether oxygens (including phenoxy) is 1. The Hall–Kier alpha value is -3.26. The number of sulfonamides is 1. The minimum absolute atomic E-state index is 0.0758. The molecule has 0 bridgehead atoms. The van der Waals surface area contributed by atoms with E-state index in [1.807, 2.05) is 12.1 Å². The Kier molecular flexibility index (Phi) is 4.35. The predicted octanol–water partition coefficient (Wildman–Crippen LogP) is 4.20. The van der Waals surface area contributed by atoms with Crippen LogP contribution in [0.4, 0.5) is 5.69 Å². The number of aromatic nitrogens is 1. The Morgan fingerprint density at radius 1 is 1.18 bits per heavy atom. The van der Waals surface area contributed by atoms with E-state index in [4.69, 9.17) is 9.15 Å². The number of anilines is 1. The Morgan fingerprint density at radius 3 is 2.79 bits per heavy atom. The summed E-state index contributed by atoms with van der Waals surface area (Å²) in [5, 5.41) is 1.32. The fourth-order valence-electron chi connectivity index (χ4n) is 3.14. The number of hydrogen-bond acceptors (Lipinski definition) is 5. The molecule has 0 unspecified atom stereocenters. The number of hydrogen-bond donors (Lipinski definition) is 2. The summed E-state index contributed by atoms with van der Waals surface area (Å²) < 4.78 is 39.0. The molecule has 2 aromatic heterocycles. The Morgan fingerprint density at radius 2 is 2.00 bits per heavy atom. The number of esters is 1. The molecule has 2 aromatic carbocycles. The van der Waals surface area contributed by atoms with Gasteiger partial charge in [-0.2, -0.15) is 0 Å². The highest BCUT2D eigenvalue weighted by Crippen LogP contribution is 2.30. The highest BCUT2D eigenvalue weighted by atomic mass is 32.2. The smallest absolute Gasteiger partial charge is 0.374 e. The fraction of sp³-hybridized carbons (Fsp3) is 0.150. The van der Waals surface area contributed by atoms with Gasteiger partial charge in [-0.05, 0) is 50.2 Å². The van der Waals surface area contributed by atoms with E-state index in [0.29, 0.717) is 22.2 Å². The van der Waals surface area contributed by atoms with Crippen LogP contribution in [0.25, 0.3) is 21.9 Å². The molecule has 2 N–H and O–H groups in total. The third-order valence-electron chi connectivity index (χ3n) is 4.52. The Balaban J connectivity index is 1.74. The van der Waals surface area contributed by atoms with Gasteiger partial charge in [-0.25, -0.2) is 13.2 Å². The molecule has 2 heterocycles. The minimum atomic E-state index is -3.83. The number of furan rings is 1. The number of aryl methyl sites for hydroxylation is 1. The molecule has 0 atom stereocenters. The van der Waals surface area contributed by atoms with Gasteiger partial charge in [0.1, 0.15) is 5.58 Å². The Labute approximate surface area is 161 Å². The van der Waals surface area contributed by atoms with E-state index in [1.165, 1.54) is 18.2 Å². The second-order valence-corrected chi connectivity index (χ2v) is 7.97. The summed E-state index contributed by atoms with van der Waals surface area (Å²) in [5.74, 6) is -0.491. The van der Waals surface area contributed by atoms with Gasteiger partial charge < -0.3 is 14.1 Å². The van der Waals surface area contributed by atoms with Gasteiger partial charge in [-0.3, -0.25) is 4.72 Å². The lowest BCUT2D eigenvalue weighted by Crippen LogP contribution is -2.13. The summed E-state index contributed by atoms with van der Waals surface area (Å²) in [6.07, 6.45) is 1.75. The highest BCUT2D eigenvalue weighted by Gasteiger charge is 2.22. The summed E-state index contributed by atoms with van der Waals surface area (Å²) >= 11 is 0. The maximum absolute atomic E-state index is 12.9. The van der Waals surface area contributed by atoms with Crippen molar-refractivity contribution in [3.8, 4) is 0 Å². The van der Waals surface area contributed by atoms with E-state index in [-0.39, 0.29) is 17.3 Å². The van der Waals surface area contributed by atoms with Crippen LogP contribution in [0.1, 0.15) is 23.0 Å². The van der Waals surface area contributed by atoms with Gasteiger partial charge in [0, 0.05) is 28.0 Å². The summed E-state index contributed by atoms with van der Waals surface area (Å²) in [4.78, 5) is 15.1. The van der Waals surface area contributed by atoms with Crippen LogP contribution >= 0.6 is 0 Å². The van der Waals surface area contributed by atoms with Crippen molar-refractivity contribution in [1.82, 2.24) is 4.98 Å². The second kappa shape index (κ2) is 6.72. The van der Waals surface area contributed by atoms with Gasteiger partial charge in [0.15, 0.2) is 0 Å². The summed E-state index contributed by atoms with van der Waals surface area (Å²) in [6.45, 7) is 3.63. The normalized spacial score (nSPS) is 11.8. The molecule has 0 aliphatic heterocycles. The van der Waals surface area contributed by atoms with Crippen LogP contribution in [-0.4, -0.2) is 26.0 Å². The molecule has 144 valence electrons. The summed E-state index contributed by atoms with van der Waals surface area (Å²) in [7, 11) is -3.83. The number of benzene rings is 2. The van der Waals surface area contributed by atoms with Crippen LogP contribution in [0.15, 0.2) is 58.0 Å². The zero-order valence-corrected chi connectivity index (χ0v) is 16.1. The van der Waals surface area contributed by atoms with Crippen LogP contribution in [0.5, 0.6) is 0 Å². The molecule has 0 saturated carbocycles. The first-order chi connectivity index (χ1) is 13.4. The number of fused-ring (bicyclic) bond motifs is 2. The lowest BCUT2D eigenvalue weighted by Gasteiger charge is -2.09. The molecule has 4 aromatic rings. The standard InChI is InChI=1S/C20H18N2O5S/c1-3-26-20(23)19-12(2)15-11-13(7-8-18(15)27-19)28(24,25)22-17-6-4-5-16-14(17)9-10-21-16/h4-11,21-22H,3H2,1-2H3. The molecule has 0 aliphatic carbocycles. The zero-order valence-electron chi connectivity index (χ0n) is 15.3. The van der Waals surface area contributed by atoms with Crippen molar-refractivity contribution < 1.29 is 22.4 Å². The van der Waals surface area contributed by atoms with E-state index in [9.17, 15) is 13.2 Å². The number of H-pyrrole nitrogens is 1. The van der Waals surface area contributed by atoms with Crippen molar-refractivity contribution in [2.75, 3.05) is 11.3 Å². The van der Waals surface area contributed by atoms with Gasteiger partial charge in [-0.1, -0.05) is 6.07 Å². The molecule has 0 radical (unpaired) electrons. The SMILES string of the molecule is CCOC(=O)c1oc2ccc(S(=O)(=O)Nc3cccc4[nH]ccc34)cc2c1C. The minimum Gasteiger partial charge on any atom is -0.460 e. The van der Waals surface area contributed by atoms with E-state index >= 15 is 0 Å². The monoisotopic (exact) mass is 398 g/mol. The molecule has 8 heteroatoms. The van der Waals surface area contributed by atoms with Crippen molar-refractivity contribution in [3.63, 3.8) is 0 Å². The van der Waals surface area contributed by atoms with E-state index in [0.717, 1.165) is 10.9 Å². The molecule has 0 fully saturated rings. The van der Waals surface area contributed by atoms with Gasteiger partial charge in [-0.15, -0.1) is 0 Å². The van der Waals surface area contributed by atoms with Gasteiger partial charge in [0.2, 0.25) is 5.76 Å². The van der Waals surface area contributed by atoms with Crippen molar-refractivity contribution >= 4 is 43.6 Å². The first kappa shape index (κ1) is 18.1. The number of carbonyl (C=O) groups is 1. The molecular formula is C20H18N2O5S. The molecule has 7 nitrogen and oxygen atoms in total. The summed E-state index contributed by atoms with van der Waals surface area (Å²) in [6, 6.07) is 11.6. The maximum atomic E-state index is 12.9. The van der Waals surface area contributed by atoms with E-state index < -0.39 is 16.0 Å². The van der Waals surface area contributed by atoms with Crippen LogP contribution in [-0.2, 0) is 14.8 Å². The molecule has 0 aliphatic rings. The second-order valence-electron chi connectivity index (χ2n) is 6.28. The van der Waals surface area contributed by atoms with Crippen LogP contribution in [0.3, 0.4) is 0 Å². The average molecular weight is 398 g/mol. The number of carbonyl (C=O) groups excluding carboxylic acids is 1. The average Bonchev–Trinajstić information content (AvgIpc) is 3.27. The fourth-order valence-corrected chi connectivity index (χ4v) is 4.24. The molecule has 28 heavy (non-hydrogen) atoms. The van der Waals surface area contributed by atoms with Crippen LogP contribution in [0.2, 0.25) is 0 Å². The van der Waals surface area contributed by atoms with E-state index in [2.05, 4.69) is 9.71 Å². The lowest BCUT2D eigenvalue weighted by molar-refractivity contribution is 0.0491. The quantitative estimate of drug-likeness (QED) is 0.491. The molecule has 0 saturated heterocycles. The first-order valence-corrected chi connectivity index (χ1v) is 10.2. The van der Waals surface area contributed by atoms with Crippen LogP contribution in [0, 0.1) is 6.92 Å². The lowest BCUT2D eigenvalue weighted by atomic mass is 10.1. The number of nitrogens with one attached hydrogen (secondary N) is 2. The third kappa shape index (κ3) is 3.01. The third-order valence-corrected chi connectivity index (χ3v) is 5.88. The van der Waals surface area contributed by atoms with Crippen molar-refractivity contribution in [2.45, 2.75) is 18.7 Å². The number of aromatic amines is 1. The van der Waals surface area contributed by atoms with Gasteiger partial charge in [0.05, 0.1) is 17.2 Å². The first-order valence-electron chi connectivity index (χ1n) is 8.70. The predicted molar refractivity (Wildman–Crippen MR) is 106 cm³/mol. The topological polar surface area (TPSA) is 101 Å². The zero-order chi connectivity index (χ0) is 19.9. The molecule has 0 spiro atoms.